The van der Waals surface area contributed by atoms with E-state index >= 15 is 0 Å². The third-order valence-electron chi connectivity index (χ3n) is 7.74. The summed E-state index contributed by atoms with van der Waals surface area (Å²) < 4.78 is -0.719. The predicted molar refractivity (Wildman–Crippen MR) is 127 cm³/mol. The number of carbonyl (C=O) groups is 3. The van der Waals surface area contributed by atoms with Gasteiger partial charge < -0.3 is 20.0 Å². The molecular formula is C23H33BrN2O5S. The van der Waals surface area contributed by atoms with Crippen LogP contribution in [0.15, 0.2) is 12.7 Å². The summed E-state index contributed by atoms with van der Waals surface area (Å²) >= 11 is 5.22. The van der Waals surface area contributed by atoms with Gasteiger partial charge in [0.1, 0.15) is 6.04 Å². The van der Waals surface area contributed by atoms with Crippen LogP contribution in [0.1, 0.15) is 51.4 Å². The molecule has 2 amide bonds. The summed E-state index contributed by atoms with van der Waals surface area (Å²) in [6.07, 6.45) is 8.75. The molecule has 32 heavy (non-hydrogen) atoms. The van der Waals surface area contributed by atoms with Crippen LogP contribution in [0, 0.1) is 11.8 Å². The molecule has 0 aromatic carbocycles. The first-order valence-electron chi connectivity index (χ1n) is 11.7. The van der Waals surface area contributed by atoms with E-state index < -0.39 is 28.6 Å². The van der Waals surface area contributed by atoms with Crippen LogP contribution in [-0.4, -0.2) is 84.4 Å². The normalized spacial score (nSPS) is 36.4. The highest BCUT2D eigenvalue weighted by atomic mass is 79.9. The molecule has 3 saturated heterocycles. The quantitative estimate of drug-likeness (QED) is 0.271. The minimum atomic E-state index is -0.953. The molecule has 2 bridgehead atoms. The lowest BCUT2D eigenvalue weighted by atomic mass is 9.71. The number of nitrogens with zero attached hydrogens (tertiary/aromatic N) is 2. The van der Waals surface area contributed by atoms with E-state index in [1.165, 1.54) is 6.42 Å². The van der Waals surface area contributed by atoms with Gasteiger partial charge in [0.15, 0.2) is 0 Å². The number of rotatable bonds is 9. The van der Waals surface area contributed by atoms with E-state index in [1.807, 2.05) is 4.90 Å². The zero-order valence-corrected chi connectivity index (χ0v) is 20.7. The molecule has 4 aliphatic rings. The molecule has 1 spiro atoms. The van der Waals surface area contributed by atoms with Crippen molar-refractivity contribution < 1.29 is 24.6 Å². The number of amides is 2. The summed E-state index contributed by atoms with van der Waals surface area (Å²) in [4.78, 5) is 43.6. The van der Waals surface area contributed by atoms with Gasteiger partial charge in [0, 0.05) is 35.8 Å². The Kier molecular flexibility index (Phi) is 7.27. The van der Waals surface area contributed by atoms with Crippen molar-refractivity contribution in [3.05, 3.63) is 12.7 Å². The third kappa shape index (κ3) is 3.82. The predicted octanol–water partition coefficient (Wildman–Crippen LogP) is 2.66. The van der Waals surface area contributed by atoms with Crippen LogP contribution in [0.3, 0.4) is 0 Å². The van der Waals surface area contributed by atoms with Crippen molar-refractivity contribution in [2.45, 2.75) is 78.3 Å². The Morgan fingerprint density at radius 2 is 2.00 bits per heavy atom. The molecule has 9 heteroatoms. The molecular weight excluding hydrogens is 496 g/mol. The monoisotopic (exact) mass is 528 g/mol. The molecule has 1 saturated carbocycles. The molecule has 3 heterocycles. The Balaban J connectivity index is 1.72. The molecule has 3 aliphatic heterocycles. The number of hydrogen-bond acceptors (Lipinski definition) is 5. The zero-order chi connectivity index (χ0) is 23.0. The highest BCUT2D eigenvalue weighted by molar-refractivity contribution is 9.09. The minimum Gasteiger partial charge on any atom is -0.481 e. The number of unbranched alkanes of at least 4 members (excludes halogenated alkanes) is 1. The number of aliphatic hydroxyl groups is 1. The number of fused-ring (bicyclic) bond motifs is 1. The maximum Gasteiger partial charge on any atom is 0.308 e. The fourth-order valence-corrected chi connectivity index (χ4v) is 10.0. The number of carbonyl (C=O) groups excluding carboxylic acids is 2. The number of hydrogen-bond donors (Lipinski definition) is 2. The first kappa shape index (κ1) is 24.1. The number of alkyl halides is 1. The number of halogens is 1. The Labute approximate surface area is 202 Å². The van der Waals surface area contributed by atoms with Crippen LogP contribution in [0.5, 0.6) is 0 Å². The average molecular weight is 529 g/mol. The molecule has 2 N–H and O–H groups in total. The number of thioether (sulfide) groups is 1. The van der Waals surface area contributed by atoms with E-state index in [2.05, 4.69) is 22.5 Å². The van der Waals surface area contributed by atoms with Crippen LogP contribution in [0.4, 0.5) is 0 Å². The fourth-order valence-electron chi connectivity index (χ4n) is 6.43. The van der Waals surface area contributed by atoms with Gasteiger partial charge in [-0.05, 0) is 32.1 Å². The summed E-state index contributed by atoms with van der Waals surface area (Å²) in [7, 11) is 0. The highest BCUT2D eigenvalue weighted by Crippen LogP contribution is 2.67. The third-order valence-corrected chi connectivity index (χ3v) is 11.0. The van der Waals surface area contributed by atoms with Gasteiger partial charge in [0.2, 0.25) is 11.8 Å². The van der Waals surface area contributed by atoms with Gasteiger partial charge in [0.05, 0.1) is 16.6 Å². The van der Waals surface area contributed by atoms with E-state index in [1.54, 1.807) is 22.7 Å². The molecule has 178 valence electrons. The second-order valence-electron chi connectivity index (χ2n) is 9.54. The molecule has 3 unspecified atom stereocenters. The van der Waals surface area contributed by atoms with Crippen molar-refractivity contribution in [1.29, 1.82) is 0 Å². The van der Waals surface area contributed by atoms with Crippen LogP contribution in [0.2, 0.25) is 0 Å². The number of aliphatic carboxylic acids is 1. The van der Waals surface area contributed by atoms with Gasteiger partial charge in [0.25, 0.3) is 0 Å². The second kappa shape index (κ2) is 9.66. The van der Waals surface area contributed by atoms with E-state index in [9.17, 15) is 24.6 Å². The number of likely N-dealkylation sites (tertiary alicyclic amines) is 1. The first-order chi connectivity index (χ1) is 15.4. The van der Waals surface area contributed by atoms with E-state index in [-0.39, 0.29) is 34.5 Å². The Morgan fingerprint density at radius 3 is 2.62 bits per heavy atom. The standard InChI is InChI=1S/C23H33BrN2O5S/c1-2-10-25(14-8-4-3-5-9-14)21(29)19-23-13-15(24)18(32-23)16(22(30)31)17(23)20(28)26(19)11-6-7-12-27/h2,14-19,27H,1,3-13H2,(H,30,31)/t15?,16-,17-,18-,19?,23?/m0/s1. The lowest BCUT2D eigenvalue weighted by molar-refractivity contribution is -0.148. The topological polar surface area (TPSA) is 98.2 Å². The molecule has 0 radical (unpaired) electrons. The van der Waals surface area contributed by atoms with Crippen molar-refractivity contribution in [3.8, 4) is 0 Å². The number of carboxylic acids is 1. The lowest BCUT2D eigenvalue weighted by Gasteiger charge is -2.41. The van der Waals surface area contributed by atoms with Crippen LogP contribution in [0.25, 0.3) is 0 Å². The Hall–Kier alpha value is -1.06. The van der Waals surface area contributed by atoms with E-state index in [0.717, 1.165) is 25.7 Å². The van der Waals surface area contributed by atoms with Gasteiger partial charge in [-0.15, -0.1) is 18.3 Å². The largest absolute Gasteiger partial charge is 0.481 e. The summed E-state index contributed by atoms with van der Waals surface area (Å²) in [6.45, 7) is 4.70. The van der Waals surface area contributed by atoms with Crippen LogP contribution in [-0.2, 0) is 14.4 Å². The summed E-state index contributed by atoms with van der Waals surface area (Å²) in [5.74, 6) is -2.68. The maximum absolute atomic E-state index is 14.2. The molecule has 6 atom stereocenters. The zero-order valence-electron chi connectivity index (χ0n) is 18.3. The molecule has 0 aromatic heterocycles. The molecule has 4 fully saturated rings. The summed E-state index contributed by atoms with van der Waals surface area (Å²) in [6, 6.07) is -0.530. The van der Waals surface area contributed by atoms with Crippen molar-refractivity contribution in [3.63, 3.8) is 0 Å². The molecule has 1 aliphatic carbocycles. The van der Waals surface area contributed by atoms with Gasteiger partial charge in [-0.1, -0.05) is 41.3 Å². The van der Waals surface area contributed by atoms with Crippen molar-refractivity contribution in [2.24, 2.45) is 11.8 Å². The molecule has 0 aromatic rings. The SMILES string of the molecule is C=CCN(C(=O)C1N(CCCCO)C(=O)[C@@H]2[C@H](C(=O)O)[C@H]3SC12CC3Br)C1CCCCC1. The number of carboxylic acid groups (broad SMARTS) is 1. The summed E-state index contributed by atoms with van der Waals surface area (Å²) in [5.41, 5.74) is 0. The average Bonchev–Trinajstić information content (AvgIpc) is 3.36. The minimum absolute atomic E-state index is 0.0257. The Bertz CT molecular complexity index is 775. The van der Waals surface area contributed by atoms with Crippen molar-refractivity contribution in [2.75, 3.05) is 19.7 Å². The van der Waals surface area contributed by atoms with Crippen LogP contribution >= 0.6 is 27.7 Å². The second-order valence-corrected chi connectivity index (χ2v) is 12.3. The molecule has 4 rings (SSSR count). The van der Waals surface area contributed by atoms with Gasteiger partial charge in [-0.3, -0.25) is 14.4 Å². The van der Waals surface area contributed by atoms with Gasteiger partial charge in [-0.25, -0.2) is 0 Å². The van der Waals surface area contributed by atoms with Gasteiger partial charge in [-0.2, -0.15) is 0 Å². The van der Waals surface area contributed by atoms with E-state index in [4.69, 9.17) is 0 Å². The highest BCUT2D eigenvalue weighted by Gasteiger charge is 2.76. The van der Waals surface area contributed by atoms with E-state index in [0.29, 0.717) is 32.4 Å². The number of aliphatic hydroxyl groups excluding tert-OH is 1. The molecule has 7 nitrogen and oxygen atoms in total. The van der Waals surface area contributed by atoms with Crippen molar-refractivity contribution in [1.82, 2.24) is 9.80 Å². The fraction of sp³-hybridized carbons (Fsp3) is 0.783. The van der Waals surface area contributed by atoms with Gasteiger partial charge >= 0.3 is 5.97 Å². The first-order valence-corrected chi connectivity index (χ1v) is 13.5. The summed E-state index contributed by atoms with van der Waals surface area (Å²) in [5, 5.41) is 19.0. The maximum atomic E-state index is 14.2. The Morgan fingerprint density at radius 1 is 1.28 bits per heavy atom. The lowest BCUT2D eigenvalue weighted by Crippen LogP contribution is -2.57. The smallest absolute Gasteiger partial charge is 0.308 e. The van der Waals surface area contributed by atoms with Crippen molar-refractivity contribution >= 4 is 45.5 Å². The van der Waals surface area contributed by atoms with Crippen LogP contribution < -0.4 is 0 Å².